The zero-order valence-corrected chi connectivity index (χ0v) is 11.4. The van der Waals surface area contributed by atoms with Crippen LogP contribution >= 0.6 is 11.3 Å². The van der Waals surface area contributed by atoms with E-state index in [4.69, 9.17) is 5.11 Å². The van der Waals surface area contributed by atoms with E-state index in [-0.39, 0.29) is 24.1 Å². The average molecular weight is 289 g/mol. The van der Waals surface area contributed by atoms with Gasteiger partial charge in [-0.15, -0.1) is 11.3 Å². The molecule has 0 amide bonds. The second kappa shape index (κ2) is 5.38. The van der Waals surface area contributed by atoms with Crippen molar-refractivity contribution in [1.82, 2.24) is 4.90 Å². The molecule has 0 bridgehead atoms. The average Bonchev–Trinajstić information content (AvgIpc) is 2.86. The van der Waals surface area contributed by atoms with Crippen molar-refractivity contribution >= 4 is 27.1 Å². The Morgan fingerprint density at radius 2 is 2.33 bits per heavy atom. The van der Waals surface area contributed by atoms with Crippen LogP contribution in [0.5, 0.6) is 0 Å². The number of aliphatic carboxylic acids is 1. The fourth-order valence-electron chi connectivity index (χ4n) is 2.15. The Balaban J connectivity index is 2.08. The molecule has 100 valence electrons. The highest BCUT2D eigenvalue weighted by atomic mass is 32.2. The lowest BCUT2D eigenvalue weighted by molar-refractivity contribution is -0.139. The summed E-state index contributed by atoms with van der Waals surface area (Å²) in [6.45, 7) is 0.391. The van der Waals surface area contributed by atoms with Gasteiger partial charge in [0.1, 0.15) is 0 Å². The van der Waals surface area contributed by atoms with E-state index in [9.17, 15) is 13.2 Å². The molecule has 7 heteroatoms. The highest BCUT2D eigenvalue weighted by molar-refractivity contribution is 7.91. The molecule has 1 aromatic rings. The van der Waals surface area contributed by atoms with Gasteiger partial charge in [-0.05, 0) is 17.9 Å². The Bertz CT molecular complexity index is 509. The van der Waals surface area contributed by atoms with Crippen LogP contribution in [0.25, 0.3) is 0 Å². The van der Waals surface area contributed by atoms with Crippen molar-refractivity contribution in [3.63, 3.8) is 0 Å². The number of sulfone groups is 1. The van der Waals surface area contributed by atoms with Crippen LogP contribution in [-0.2, 0) is 21.2 Å². The van der Waals surface area contributed by atoms with E-state index in [1.165, 1.54) is 0 Å². The molecule has 1 N–H and O–H groups in total. The summed E-state index contributed by atoms with van der Waals surface area (Å²) in [4.78, 5) is 13.7. The number of hydrogen-bond donors (Lipinski definition) is 1. The van der Waals surface area contributed by atoms with Crippen LogP contribution in [0.1, 0.15) is 11.3 Å². The molecule has 1 saturated heterocycles. The second-order valence-corrected chi connectivity index (χ2v) is 7.70. The Labute approximate surface area is 110 Å². The lowest BCUT2D eigenvalue weighted by Gasteiger charge is -2.25. The molecule has 0 aliphatic carbocycles. The minimum atomic E-state index is -2.99. The van der Waals surface area contributed by atoms with Crippen LogP contribution in [0.2, 0.25) is 0 Å². The highest BCUT2D eigenvalue weighted by Gasteiger charge is 2.33. The molecule has 2 heterocycles. The number of carbonyl (C=O) groups is 1. The van der Waals surface area contributed by atoms with Crippen molar-refractivity contribution in [3.05, 3.63) is 22.4 Å². The molecule has 0 saturated carbocycles. The number of nitrogens with zero attached hydrogens (tertiary/aromatic N) is 1. The summed E-state index contributed by atoms with van der Waals surface area (Å²) in [6.07, 6.45) is 0.529. The molecule has 0 spiro atoms. The third-order valence-corrected chi connectivity index (χ3v) is 5.61. The second-order valence-electron chi connectivity index (χ2n) is 4.43. The maximum atomic E-state index is 11.5. The van der Waals surface area contributed by atoms with Gasteiger partial charge >= 0.3 is 5.97 Å². The summed E-state index contributed by atoms with van der Waals surface area (Å²) < 4.78 is 22.9. The SMILES string of the molecule is O=C(O)CN(Cc1cccs1)C1CCS(=O)(=O)C1. The molecule has 0 aromatic carbocycles. The van der Waals surface area contributed by atoms with Crippen molar-refractivity contribution in [2.24, 2.45) is 0 Å². The molecule has 18 heavy (non-hydrogen) atoms. The summed E-state index contributed by atoms with van der Waals surface area (Å²) in [7, 11) is -2.99. The van der Waals surface area contributed by atoms with E-state index in [0.29, 0.717) is 13.0 Å². The highest BCUT2D eigenvalue weighted by Crippen LogP contribution is 2.21. The van der Waals surface area contributed by atoms with Crippen LogP contribution in [0.4, 0.5) is 0 Å². The number of thiophene rings is 1. The molecule has 1 aromatic heterocycles. The first kappa shape index (κ1) is 13.5. The van der Waals surface area contributed by atoms with Crippen molar-refractivity contribution < 1.29 is 18.3 Å². The quantitative estimate of drug-likeness (QED) is 0.868. The van der Waals surface area contributed by atoms with Gasteiger partial charge in [-0.2, -0.15) is 0 Å². The van der Waals surface area contributed by atoms with Gasteiger partial charge in [0.2, 0.25) is 0 Å². The minimum Gasteiger partial charge on any atom is -0.480 e. The lowest BCUT2D eigenvalue weighted by atomic mass is 10.2. The van der Waals surface area contributed by atoms with E-state index in [1.807, 2.05) is 17.5 Å². The Morgan fingerprint density at radius 3 is 2.83 bits per heavy atom. The van der Waals surface area contributed by atoms with Crippen LogP contribution in [-0.4, -0.2) is 48.5 Å². The third-order valence-electron chi connectivity index (χ3n) is 3.00. The maximum Gasteiger partial charge on any atom is 0.317 e. The van der Waals surface area contributed by atoms with Gasteiger partial charge in [-0.3, -0.25) is 9.69 Å². The molecule has 2 rings (SSSR count). The van der Waals surface area contributed by atoms with Gasteiger partial charge in [-0.25, -0.2) is 8.42 Å². The number of carboxylic acids is 1. The predicted molar refractivity (Wildman–Crippen MR) is 69.4 cm³/mol. The summed E-state index contributed by atoms with van der Waals surface area (Å²) in [5.74, 6) is -0.681. The largest absolute Gasteiger partial charge is 0.480 e. The first-order valence-corrected chi connectivity index (χ1v) is 8.35. The Morgan fingerprint density at radius 1 is 1.56 bits per heavy atom. The van der Waals surface area contributed by atoms with Gasteiger partial charge in [0, 0.05) is 17.5 Å². The van der Waals surface area contributed by atoms with Gasteiger partial charge in [-0.1, -0.05) is 6.07 Å². The fourth-order valence-corrected chi connectivity index (χ4v) is 4.64. The van der Waals surface area contributed by atoms with Crippen LogP contribution in [0, 0.1) is 0 Å². The Hall–Kier alpha value is -0.920. The van der Waals surface area contributed by atoms with Gasteiger partial charge in [0.05, 0.1) is 18.1 Å². The van der Waals surface area contributed by atoms with Crippen LogP contribution < -0.4 is 0 Å². The fraction of sp³-hybridized carbons (Fsp3) is 0.545. The predicted octanol–water partition coefficient (Wildman–Crippen LogP) is 0.822. The van der Waals surface area contributed by atoms with Crippen LogP contribution in [0.3, 0.4) is 0 Å². The lowest BCUT2D eigenvalue weighted by Crippen LogP contribution is -2.39. The molecule has 1 fully saturated rings. The van der Waals surface area contributed by atoms with E-state index < -0.39 is 15.8 Å². The van der Waals surface area contributed by atoms with E-state index in [1.54, 1.807) is 16.2 Å². The smallest absolute Gasteiger partial charge is 0.317 e. The van der Waals surface area contributed by atoms with Gasteiger partial charge in [0.15, 0.2) is 9.84 Å². The standard InChI is InChI=1S/C11H15NO4S2/c13-11(14)7-12(6-10-2-1-4-17-10)9-3-5-18(15,16)8-9/h1-2,4,9H,3,5-8H2,(H,13,14). The monoisotopic (exact) mass is 289 g/mol. The van der Waals surface area contributed by atoms with E-state index in [2.05, 4.69) is 0 Å². The molecular weight excluding hydrogens is 274 g/mol. The molecule has 0 radical (unpaired) electrons. The van der Waals surface area contributed by atoms with Crippen molar-refractivity contribution in [1.29, 1.82) is 0 Å². The van der Waals surface area contributed by atoms with E-state index >= 15 is 0 Å². The Kier molecular flexibility index (Phi) is 4.04. The van der Waals surface area contributed by atoms with Gasteiger partial charge in [0.25, 0.3) is 0 Å². The molecule has 1 aliphatic heterocycles. The molecule has 5 nitrogen and oxygen atoms in total. The molecule has 1 unspecified atom stereocenters. The summed E-state index contributed by atoms with van der Waals surface area (Å²) >= 11 is 1.55. The van der Waals surface area contributed by atoms with Crippen molar-refractivity contribution in [2.45, 2.75) is 19.0 Å². The van der Waals surface area contributed by atoms with Crippen molar-refractivity contribution in [3.8, 4) is 0 Å². The number of carboxylic acid groups (broad SMARTS) is 1. The topological polar surface area (TPSA) is 74.7 Å². The zero-order valence-electron chi connectivity index (χ0n) is 9.78. The zero-order chi connectivity index (χ0) is 13.2. The van der Waals surface area contributed by atoms with Crippen molar-refractivity contribution in [2.75, 3.05) is 18.1 Å². The number of rotatable bonds is 5. The first-order valence-electron chi connectivity index (χ1n) is 5.65. The minimum absolute atomic E-state index is 0.0751. The van der Waals surface area contributed by atoms with E-state index in [0.717, 1.165) is 4.88 Å². The summed E-state index contributed by atoms with van der Waals surface area (Å²) in [5, 5.41) is 10.8. The molecule has 1 aliphatic rings. The summed E-state index contributed by atoms with van der Waals surface area (Å²) in [5.41, 5.74) is 0. The maximum absolute atomic E-state index is 11.5. The van der Waals surface area contributed by atoms with Crippen LogP contribution in [0.15, 0.2) is 17.5 Å². The molecular formula is C11H15NO4S2. The normalized spacial score (nSPS) is 22.4. The third kappa shape index (κ3) is 3.54. The number of hydrogen-bond acceptors (Lipinski definition) is 5. The summed E-state index contributed by atoms with van der Waals surface area (Å²) in [6, 6.07) is 3.67. The van der Waals surface area contributed by atoms with Gasteiger partial charge < -0.3 is 5.11 Å². The molecule has 1 atom stereocenters. The first-order chi connectivity index (χ1) is 8.46.